The van der Waals surface area contributed by atoms with Gasteiger partial charge in [0.2, 0.25) is 5.91 Å². The average Bonchev–Trinajstić information content (AvgIpc) is 2.34. The molecule has 1 rings (SSSR count). The molecule has 0 aliphatic carbocycles. The molecular weight excluding hydrogens is 246 g/mol. The molecule has 1 aliphatic heterocycles. The Morgan fingerprint density at radius 2 is 1.89 bits per heavy atom. The molecule has 3 unspecified atom stereocenters. The van der Waals surface area contributed by atoms with Gasteiger partial charge in [-0.05, 0) is 6.42 Å². The van der Waals surface area contributed by atoms with Crippen molar-refractivity contribution in [3.05, 3.63) is 0 Å². The Bertz CT molecular complexity index is 273. The van der Waals surface area contributed by atoms with E-state index in [9.17, 15) is 20.1 Å². The van der Waals surface area contributed by atoms with Gasteiger partial charge in [-0.25, -0.2) is 0 Å². The minimum absolute atomic E-state index is 0.103. The fraction of sp³-hybridized carbons (Fsp3) is 0.900. The second-order valence-corrected chi connectivity index (χ2v) is 4.14. The molecule has 0 bridgehead atoms. The van der Waals surface area contributed by atoms with Gasteiger partial charge in [0.15, 0.2) is 6.29 Å². The molecule has 0 aromatic carbocycles. The maximum atomic E-state index is 10.5. The molecule has 1 saturated heterocycles. The van der Waals surface area contributed by atoms with Crippen molar-refractivity contribution >= 4 is 5.91 Å². The third kappa shape index (κ3) is 3.87. The molecule has 0 aromatic heterocycles. The van der Waals surface area contributed by atoms with E-state index in [2.05, 4.69) is 0 Å². The molecule has 1 heterocycles. The highest BCUT2D eigenvalue weighted by molar-refractivity contribution is 5.73. The zero-order chi connectivity index (χ0) is 13.7. The number of nitrogens with two attached hydrogens (primary N) is 1. The summed E-state index contributed by atoms with van der Waals surface area (Å²) in [5.74, 6) is -0.465. The zero-order valence-corrected chi connectivity index (χ0v) is 9.81. The van der Waals surface area contributed by atoms with Crippen LogP contribution in [0.25, 0.3) is 0 Å². The molecule has 1 amide bonds. The second-order valence-electron chi connectivity index (χ2n) is 4.14. The van der Waals surface area contributed by atoms with Crippen molar-refractivity contribution in [1.82, 2.24) is 0 Å². The Kier molecular flexibility index (Phi) is 5.93. The monoisotopic (exact) mass is 265 g/mol. The van der Waals surface area contributed by atoms with E-state index in [0.717, 1.165) is 0 Å². The third-order valence-electron chi connectivity index (χ3n) is 2.70. The number of primary amides is 1. The van der Waals surface area contributed by atoms with Gasteiger partial charge in [0.1, 0.15) is 24.4 Å². The highest BCUT2D eigenvalue weighted by atomic mass is 16.7. The quantitative estimate of drug-likeness (QED) is 0.323. The second kappa shape index (κ2) is 6.98. The first kappa shape index (κ1) is 15.3. The molecule has 0 radical (unpaired) electrons. The van der Waals surface area contributed by atoms with Crippen LogP contribution in [0.2, 0.25) is 0 Å². The highest BCUT2D eigenvalue weighted by Crippen LogP contribution is 2.21. The SMILES string of the molecule is NC(=O)CCCO[C@@H]1OC(CO)[C@@H](O)C(O)C1O. The van der Waals surface area contributed by atoms with Crippen molar-refractivity contribution in [3.8, 4) is 0 Å². The fourth-order valence-corrected chi connectivity index (χ4v) is 1.65. The number of amides is 1. The van der Waals surface area contributed by atoms with Crippen LogP contribution in [0.3, 0.4) is 0 Å². The summed E-state index contributed by atoms with van der Waals surface area (Å²) in [5.41, 5.74) is 4.94. The van der Waals surface area contributed by atoms with Crippen molar-refractivity contribution in [1.29, 1.82) is 0 Å². The van der Waals surface area contributed by atoms with E-state index in [0.29, 0.717) is 6.42 Å². The zero-order valence-electron chi connectivity index (χ0n) is 9.81. The molecule has 18 heavy (non-hydrogen) atoms. The third-order valence-corrected chi connectivity index (χ3v) is 2.70. The van der Waals surface area contributed by atoms with Crippen LogP contribution >= 0.6 is 0 Å². The summed E-state index contributed by atoms with van der Waals surface area (Å²) >= 11 is 0. The first-order valence-electron chi connectivity index (χ1n) is 5.67. The minimum atomic E-state index is -1.46. The largest absolute Gasteiger partial charge is 0.394 e. The Morgan fingerprint density at radius 1 is 1.22 bits per heavy atom. The Labute approximate surface area is 104 Å². The molecule has 8 nitrogen and oxygen atoms in total. The standard InChI is InChI=1S/C10H19NO7/c11-6(13)2-1-3-17-10-9(16)8(15)7(14)5(4-12)18-10/h5,7-10,12,14-16H,1-4H2,(H2,11,13)/t5?,7-,8?,9?,10-/m1/s1. The molecule has 0 saturated carbocycles. The van der Waals surface area contributed by atoms with Crippen LogP contribution in [-0.2, 0) is 14.3 Å². The smallest absolute Gasteiger partial charge is 0.217 e. The van der Waals surface area contributed by atoms with Gasteiger partial charge >= 0.3 is 0 Å². The van der Waals surface area contributed by atoms with Crippen molar-refractivity contribution in [3.63, 3.8) is 0 Å². The summed E-state index contributed by atoms with van der Waals surface area (Å²) in [7, 11) is 0. The lowest BCUT2D eigenvalue weighted by atomic mass is 9.99. The van der Waals surface area contributed by atoms with E-state index in [1.54, 1.807) is 0 Å². The number of hydrogen-bond donors (Lipinski definition) is 5. The van der Waals surface area contributed by atoms with Crippen molar-refractivity contribution < 1.29 is 34.7 Å². The van der Waals surface area contributed by atoms with Gasteiger partial charge in [0.25, 0.3) is 0 Å². The first-order valence-corrected chi connectivity index (χ1v) is 5.67. The van der Waals surface area contributed by atoms with Crippen LogP contribution in [-0.4, -0.2) is 70.3 Å². The van der Waals surface area contributed by atoms with E-state index in [1.807, 2.05) is 0 Å². The van der Waals surface area contributed by atoms with Gasteiger partial charge in [0, 0.05) is 6.42 Å². The molecule has 1 aliphatic rings. The van der Waals surface area contributed by atoms with Crippen LogP contribution in [0.5, 0.6) is 0 Å². The van der Waals surface area contributed by atoms with Crippen molar-refractivity contribution in [2.24, 2.45) is 5.73 Å². The molecule has 8 heteroatoms. The lowest BCUT2D eigenvalue weighted by Crippen LogP contribution is -2.59. The Hall–Kier alpha value is -0.770. The van der Waals surface area contributed by atoms with Gasteiger partial charge < -0.3 is 35.6 Å². The Balaban J connectivity index is 2.41. The summed E-state index contributed by atoms with van der Waals surface area (Å²) in [4.78, 5) is 10.5. The first-order chi connectivity index (χ1) is 8.47. The number of aliphatic hydroxyl groups is 4. The minimum Gasteiger partial charge on any atom is -0.394 e. The van der Waals surface area contributed by atoms with Gasteiger partial charge in [-0.15, -0.1) is 0 Å². The summed E-state index contributed by atoms with van der Waals surface area (Å²) < 4.78 is 10.2. The summed E-state index contributed by atoms with van der Waals surface area (Å²) in [6.45, 7) is -0.405. The maximum Gasteiger partial charge on any atom is 0.217 e. The number of hydrogen-bond acceptors (Lipinski definition) is 7. The van der Waals surface area contributed by atoms with Crippen LogP contribution in [0, 0.1) is 0 Å². The van der Waals surface area contributed by atoms with E-state index in [4.69, 9.17) is 20.3 Å². The molecular formula is C10H19NO7. The maximum absolute atomic E-state index is 10.5. The van der Waals surface area contributed by atoms with E-state index in [-0.39, 0.29) is 13.0 Å². The number of carbonyl (C=O) groups is 1. The predicted molar refractivity (Wildman–Crippen MR) is 58.1 cm³/mol. The molecule has 1 fully saturated rings. The molecule has 0 spiro atoms. The summed E-state index contributed by atoms with van der Waals surface area (Å²) in [6, 6.07) is 0. The van der Waals surface area contributed by atoms with E-state index < -0.39 is 43.2 Å². The van der Waals surface area contributed by atoms with Gasteiger partial charge in [-0.3, -0.25) is 4.79 Å². The molecule has 5 atom stereocenters. The summed E-state index contributed by atoms with van der Waals surface area (Å²) in [6.07, 6.45) is -5.95. The van der Waals surface area contributed by atoms with Crippen molar-refractivity contribution in [2.45, 2.75) is 43.5 Å². The fourth-order valence-electron chi connectivity index (χ4n) is 1.65. The topological polar surface area (TPSA) is 142 Å². The van der Waals surface area contributed by atoms with Gasteiger partial charge in [-0.1, -0.05) is 0 Å². The van der Waals surface area contributed by atoms with Crippen LogP contribution in [0.15, 0.2) is 0 Å². The van der Waals surface area contributed by atoms with E-state index >= 15 is 0 Å². The lowest BCUT2D eigenvalue weighted by molar-refractivity contribution is -0.301. The Morgan fingerprint density at radius 3 is 2.44 bits per heavy atom. The van der Waals surface area contributed by atoms with Crippen LogP contribution in [0.4, 0.5) is 0 Å². The summed E-state index contributed by atoms with van der Waals surface area (Å²) in [5, 5.41) is 37.5. The number of carbonyl (C=O) groups excluding carboxylic acids is 1. The van der Waals surface area contributed by atoms with Crippen LogP contribution < -0.4 is 5.73 Å². The average molecular weight is 265 g/mol. The molecule has 6 N–H and O–H groups in total. The molecule has 0 aromatic rings. The lowest BCUT2D eigenvalue weighted by Gasteiger charge is -2.39. The van der Waals surface area contributed by atoms with E-state index in [1.165, 1.54) is 0 Å². The highest BCUT2D eigenvalue weighted by Gasteiger charge is 2.43. The van der Waals surface area contributed by atoms with Crippen LogP contribution in [0.1, 0.15) is 12.8 Å². The molecule has 106 valence electrons. The number of ether oxygens (including phenoxy) is 2. The number of rotatable bonds is 6. The van der Waals surface area contributed by atoms with Gasteiger partial charge in [-0.2, -0.15) is 0 Å². The normalized spacial score (nSPS) is 36.6. The van der Waals surface area contributed by atoms with Gasteiger partial charge in [0.05, 0.1) is 13.2 Å². The number of aliphatic hydroxyl groups excluding tert-OH is 4. The van der Waals surface area contributed by atoms with Crippen molar-refractivity contribution in [2.75, 3.05) is 13.2 Å². The predicted octanol–water partition coefficient (Wildman–Crippen LogP) is -2.93.